The predicted molar refractivity (Wildman–Crippen MR) is 93.3 cm³/mol. The summed E-state index contributed by atoms with van der Waals surface area (Å²) in [5.41, 5.74) is -0.279. The first-order chi connectivity index (χ1) is 13.6. The van der Waals surface area contributed by atoms with Gasteiger partial charge in [0.1, 0.15) is 5.75 Å². The molecule has 0 aliphatic rings. The summed E-state index contributed by atoms with van der Waals surface area (Å²) in [6.45, 7) is -3.37. The van der Waals surface area contributed by atoms with Crippen molar-refractivity contribution >= 4 is 11.8 Å². The standard InChI is InChI=1S/C19H17F5N2O3/c1-26(11-12-5-7-14(8-6-12)19(22,23)24)16(27)10-25-17(28)13-3-2-4-15(9-13)29-18(20)21/h2-9,18H,10-11H2,1H3,(H,25,28). The van der Waals surface area contributed by atoms with E-state index in [0.717, 1.165) is 18.2 Å². The van der Waals surface area contributed by atoms with Crippen LogP contribution in [-0.4, -0.2) is 36.9 Å². The first-order valence-electron chi connectivity index (χ1n) is 8.29. The molecule has 2 amide bonds. The maximum Gasteiger partial charge on any atom is 0.416 e. The summed E-state index contributed by atoms with van der Waals surface area (Å²) in [5, 5.41) is 2.35. The number of likely N-dealkylation sites (N-methyl/N-ethyl adjacent to an activating group) is 1. The van der Waals surface area contributed by atoms with E-state index in [1.54, 1.807) is 0 Å². The van der Waals surface area contributed by atoms with Crippen LogP contribution in [0.1, 0.15) is 21.5 Å². The summed E-state index contributed by atoms with van der Waals surface area (Å²) in [4.78, 5) is 25.4. The Labute approximate surface area is 163 Å². The lowest BCUT2D eigenvalue weighted by atomic mass is 10.1. The highest BCUT2D eigenvalue weighted by Crippen LogP contribution is 2.29. The molecular weight excluding hydrogens is 399 g/mol. The number of benzene rings is 2. The highest BCUT2D eigenvalue weighted by molar-refractivity contribution is 5.96. The van der Waals surface area contributed by atoms with Crippen LogP contribution in [0.3, 0.4) is 0 Å². The number of halogens is 5. The van der Waals surface area contributed by atoms with Gasteiger partial charge >= 0.3 is 12.8 Å². The number of nitrogens with zero attached hydrogens (tertiary/aromatic N) is 1. The molecule has 29 heavy (non-hydrogen) atoms. The summed E-state index contributed by atoms with van der Waals surface area (Å²) in [6, 6.07) is 9.45. The minimum atomic E-state index is -4.44. The van der Waals surface area contributed by atoms with Crippen LogP contribution in [0, 0.1) is 0 Å². The Bertz CT molecular complexity index is 854. The Morgan fingerprint density at radius 1 is 1.10 bits per heavy atom. The molecule has 0 aliphatic heterocycles. The molecule has 0 aliphatic carbocycles. The number of alkyl halides is 5. The maximum atomic E-state index is 12.6. The zero-order valence-corrected chi connectivity index (χ0v) is 15.2. The number of hydrogen-bond donors (Lipinski definition) is 1. The van der Waals surface area contributed by atoms with Crippen molar-refractivity contribution in [2.45, 2.75) is 19.3 Å². The SMILES string of the molecule is CN(Cc1ccc(C(F)(F)F)cc1)C(=O)CNC(=O)c1cccc(OC(F)F)c1. The summed E-state index contributed by atoms with van der Waals surface area (Å²) in [6.07, 6.45) is -4.44. The van der Waals surface area contributed by atoms with Gasteiger partial charge in [0.2, 0.25) is 5.91 Å². The van der Waals surface area contributed by atoms with Crippen molar-refractivity contribution < 1.29 is 36.3 Å². The van der Waals surface area contributed by atoms with Crippen molar-refractivity contribution in [3.8, 4) is 5.75 Å². The Kier molecular flexibility index (Phi) is 7.13. The van der Waals surface area contributed by atoms with E-state index in [-0.39, 0.29) is 24.4 Å². The summed E-state index contributed by atoms with van der Waals surface area (Å²) in [5.74, 6) is -1.35. The van der Waals surface area contributed by atoms with E-state index in [9.17, 15) is 31.5 Å². The van der Waals surface area contributed by atoms with E-state index in [4.69, 9.17) is 0 Å². The second kappa shape index (κ2) is 9.35. The van der Waals surface area contributed by atoms with Crippen molar-refractivity contribution in [2.24, 2.45) is 0 Å². The monoisotopic (exact) mass is 416 g/mol. The van der Waals surface area contributed by atoms with Crippen molar-refractivity contribution in [1.29, 1.82) is 0 Å². The molecule has 0 fully saturated rings. The molecule has 2 aromatic carbocycles. The fraction of sp³-hybridized carbons (Fsp3) is 0.263. The third-order valence-electron chi connectivity index (χ3n) is 3.85. The number of carbonyl (C=O) groups excluding carboxylic acids is 2. The zero-order valence-electron chi connectivity index (χ0n) is 15.2. The molecule has 0 saturated carbocycles. The van der Waals surface area contributed by atoms with E-state index >= 15 is 0 Å². The molecule has 1 N–H and O–H groups in total. The Morgan fingerprint density at radius 2 is 1.76 bits per heavy atom. The lowest BCUT2D eigenvalue weighted by molar-refractivity contribution is -0.137. The van der Waals surface area contributed by atoms with E-state index < -0.39 is 30.2 Å². The molecule has 0 bridgehead atoms. The second-order valence-corrected chi connectivity index (χ2v) is 6.03. The molecule has 10 heteroatoms. The van der Waals surface area contributed by atoms with Crippen molar-refractivity contribution in [2.75, 3.05) is 13.6 Å². The number of ether oxygens (including phenoxy) is 1. The van der Waals surface area contributed by atoms with Crippen LogP contribution >= 0.6 is 0 Å². The van der Waals surface area contributed by atoms with Gasteiger partial charge in [0, 0.05) is 19.2 Å². The minimum Gasteiger partial charge on any atom is -0.435 e. The fourth-order valence-electron chi connectivity index (χ4n) is 2.37. The summed E-state index contributed by atoms with van der Waals surface area (Å²) < 4.78 is 66.4. The largest absolute Gasteiger partial charge is 0.435 e. The number of carbonyl (C=O) groups is 2. The molecule has 2 aromatic rings. The van der Waals surface area contributed by atoms with Crippen LogP contribution in [-0.2, 0) is 17.5 Å². The Hall–Kier alpha value is -3.17. The van der Waals surface area contributed by atoms with Crippen LogP contribution in [0.5, 0.6) is 5.75 Å². The van der Waals surface area contributed by atoms with Gasteiger partial charge in [0.15, 0.2) is 0 Å². The average molecular weight is 416 g/mol. The highest BCUT2D eigenvalue weighted by Gasteiger charge is 2.30. The van der Waals surface area contributed by atoms with Gasteiger partial charge in [-0.3, -0.25) is 9.59 Å². The summed E-state index contributed by atoms with van der Waals surface area (Å²) >= 11 is 0. The number of hydrogen-bond acceptors (Lipinski definition) is 3. The molecule has 5 nitrogen and oxygen atoms in total. The van der Waals surface area contributed by atoms with Gasteiger partial charge in [0.05, 0.1) is 12.1 Å². The molecule has 0 unspecified atom stereocenters. The van der Waals surface area contributed by atoms with Gasteiger partial charge in [-0.2, -0.15) is 22.0 Å². The van der Waals surface area contributed by atoms with Crippen molar-refractivity contribution in [1.82, 2.24) is 10.2 Å². The minimum absolute atomic E-state index is 0.0290. The molecule has 0 atom stereocenters. The van der Waals surface area contributed by atoms with Gasteiger partial charge in [0.25, 0.3) is 5.91 Å². The predicted octanol–water partition coefficient (Wildman–Crippen LogP) is 3.70. The number of rotatable bonds is 7. The molecule has 156 valence electrons. The van der Waals surface area contributed by atoms with Crippen LogP contribution in [0.25, 0.3) is 0 Å². The number of nitrogens with one attached hydrogen (secondary N) is 1. The van der Waals surface area contributed by atoms with Crippen LogP contribution < -0.4 is 10.1 Å². The smallest absolute Gasteiger partial charge is 0.416 e. The van der Waals surface area contributed by atoms with Gasteiger partial charge in [-0.1, -0.05) is 18.2 Å². The third-order valence-corrected chi connectivity index (χ3v) is 3.85. The molecule has 0 radical (unpaired) electrons. The molecular formula is C19H17F5N2O3. The fourth-order valence-corrected chi connectivity index (χ4v) is 2.37. The van der Waals surface area contributed by atoms with Crippen LogP contribution in [0.4, 0.5) is 22.0 Å². The Balaban J connectivity index is 1.89. The molecule has 0 saturated heterocycles. The quantitative estimate of drug-likeness (QED) is 0.701. The lowest BCUT2D eigenvalue weighted by Crippen LogP contribution is -2.37. The van der Waals surface area contributed by atoms with Gasteiger partial charge in [-0.25, -0.2) is 0 Å². The van der Waals surface area contributed by atoms with Crippen molar-refractivity contribution in [3.63, 3.8) is 0 Å². The van der Waals surface area contributed by atoms with E-state index in [1.807, 2.05) is 0 Å². The van der Waals surface area contributed by atoms with Crippen molar-refractivity contribution in [3.05, 3.63) is 65.2 Å². The van der Waals surface area contributed by atoms with E-state index in [0.29, 0.717) is 5.56 Å². The Morgan fingerprint density at radius 3 is 2.34 bits per heavy atom. The molecule has 0 heterocycles. The van der Waals surface area contributed by atoms with E-state index in [2.05, 4.69) is 10.1 Å². The van der Waals surface area contributed by atoms with Gasteiger partial charge in [-0.05, 0) is 35.9 Å². The lowest BCUT2D eigenvalue weighted by Gasteiger charge is -2.18. The second-order valence-electron chi connectivity index (χ2n) is 6.03. The summed E-state index contributed by atoms with van der Waals surface area (Å²) in [7, 11) is 1.43. The first-order valence-corrected chi connectivity index (χ1v) is 8.29. The molecule has 0 aromatic heterocycles. The normalized spacial score (nSPS) is 11.3. The average Bonchev–Trinajstić information content (AvgIpc) is 2.65. The maximum absolute atomic E-state index is 12.6. The van der Waals surface area contributed by atoms with Crippen LogP contribution in [0.15, 0.2) is 48.5 Å². The van der Waals surface area contributed by atoms with E-state index in [1.165, 1.54) is 42.3 Å². The van der Waals surface area contributed by atoms with Gasteiger partial charge in [-0.15, -0.1) is 0 Å². The molecule has 2 rings (SSSR count). The first kappa shape index (κ1) is 22.1. The third kappa shape index (κ3) is 6.74. The van der Waals surface area contributed by atoms with Gasteiger partial charge < -0.3 is 15.0 Å². The van der Waals surface area contributed by atoms with Crippen LogP contribution in [0.2, 0.25) is 0 Å². The topological polar surface area (TPSA) is 58.6 Å². The number of amides is 2. The molecule has 0 spiro atoms. The zero-order chi connectivity index (χ0) is 21.6. The highest BCUT2D eigenvalue weighted by atomic mass is 19.4.